The van der Waals surface area contributed by atoms with Crippen molar-refractivity contribution in [3.8, 4) is 5.75 Å². The molecule has 0 unspecified atom stereocenters. The summed E-state index contributed by atoms with van der Waals surface area (Å²) in [5.74, 6) is 0.242. The van der Waals surface area contributed by atoms with Crippen molar-refractivity contribution in [3.63, 3.8) is 0 Å². The summed E-state index contributed by atoms with van der Waals surface area (Å²) in [7, 11) is 1.68. The lowest BCUT2D eigenvalue weighted by molar-refractivity contribution is 0.0943. The number of carbonyl (C=O) groups is 1. The van der Waals surface area contributed by atoms with Crippen LogP contribution >= 0.6 is 11.6 Å². The summed E-state index contributed by atoms with van der Waals surface area (Å²) in [6.45, 7) is 2.79. The second kappa shape index (κ2) is 7.58. The van der Waals surface area contributed by atoms with Crippen molar-refractivity contribution in [2.45, 2.75) is 13.5 Å². The minimum atomic E-state index is -0.527. The molecular weight excluding hydrogens is 354 g/mol. The largest absolute Gasteiger partial charge is 0.494 e. The third-order valence-corrected chi connectivity index (χ3v) is 4.15. The molecule has 1 heterocycles. The molecule has 0 bridgehead atoms. The Balaban J connectivity index is 1.81. The predicted molar refractivity (Wildman–Crippen MR) is 101 cm³/mol. The number of ether oxygens (including phenoxy) is 1. The smallest absolute Gasteiger partial charge is 0.276 e. The minimum absolute atomic E-state index is 0.159. The first-order valence-corrected chi connectivity index (χ1v) is 8.54. The van der Waals surface area contributed by atoms with Gasteiger partial charge in [-0.15, -0.1) is 0 Å². The van der Waals surface area contributed by atoms with Gasteiger partial charge in [0.1, 0.15) is 5.75 Å². The van der Waals surface area contributed by atoms with Crippen LogP contribution in [-0.4, -0.2) is 22.3 Å². The van der Waals surface area contributed by atoms with Crippen molar-refractivity contribution in [2.75, 3.05) is 6.61 Å². The van der Waals surface area contributed by atoms with Crippen LogP contribution in [0.25, 0.3) is 10.9 Å². The van der Waals surface area contributed by atoms with Crippen molar-refractivity contribution < 1.29 is 9.53 Å². The maximum Gasteiger partial charge on any atom is 0.276 e. The van der Waals surface area contributed by atoms with Gasteiger partial charge in [-0.25, -0.2) is 0 Å². The van der Waals surface area contributed by atoms with Crippen molar-refractivity contribution in [2.24, 2.45) is 7.05 Å². The molecule has 3 rings (SSSR count). The maximum atomic E-state index is 12.6. The average Bonchev–Trinajstić information content (AvgIpc) is 2.64. The number of hydrogen-bond acceptors (Lipinski definition) is 4. The van der Waals surface area contributed by atoms with Crippen molar-refractivity contribution in [3.05, 3.63) is 69.0 Å². The van der Waals surface area contributed by atoms with Crippen LogP contribution in [0, 0.1) is 0 Å². The van der Waals surface area contributed by atoms with Crippen LogP contribution < -0.4 is 15.5 Å². The zero-order valence-electron chi connectivity index (χ0n) is 14.5. The molecule has 7 heteroatoms. The zero-order valence-corrected chi connectivity index (χ0v) is 15.2. The Labute approximate surface area is 155 Å². The van der Waals surface area contributed by atoms with E-state index in [1.165, 1.54) is 4.68 Å². The fourth-order valence-electron chi connectivity index (χ4n) is 2.63. The van der Waals surface area contributed by atoms with E-state index < -0.39 is 11.3 Å². The molecular formula is C19H18ClN3O3. The third-order valence-electron chi connectivity index (χ3n) is 3.92. The van der Waals surface area contributed by atoms with Crippen LogP contribution in [0.4, 0.5) is 0 Å². The molecule has 1 N–H and O–H groups in total. The van der Waals surface area contributed by atoms with Gasteiger partial charge >= 0.3 is 0 Å². The Morgan fingerprint density at radius 1 is 1.23 bits per heavy atom. The Kier molecular flexibility index (Phi) is 5.23. The number of halogens is 1. The highest BCUT2D eigenvalue weighted by molar-refractivity contribution is 6.31. The summed E-state index contributed by atoms with van der Waals surface area (Å²) < 4.78 is 6.88. The van der Waals surface area contributed by atoms with Gasteiger partial charge in [0.25, 0.3) is 5.91 Å². The van der Waals surface area contributed by atoms with Crippen LogP contribution in [0.2, 0.25) is 5.02 Å². The lowest BCUT2D eigenvalue weighted by atomic mass is 10.2. The van der Waals surface area contributed by atoms with Gasteiger partial charge in [0.2, 0.25) is 5.43 Å². The summed E-state index contributed by atoms with van der Waals surface area (Å²) in [6.07, 6.45) is 0. The number of nitrogens with one attached hydrogen (secondary N) is 1. The van der Waals surface area contributed by atoms with E-state index in [9.17, 15) is 9.59 Å². The molecule has 1 amide bonds. The van der Waals surface area contributed by atoms with E-state index in [4.69, 9.17) is 16.3 Å². The van der Waals surface area contributed by atoms with E-state index in [-0.39, 0.29) is 12.2 Å². The van der Waals surface area contributed by atoms with Gasteiger partial charge in [-0.3, -0.25) is 14.3 Å². The van der Waals surface area contributed by atoms with Crippen LogP contribution in [-0.2, 0) is 13.6 Å². The molecule has 0 saturated carbocycles. The molecule has 0 atom stereocenters. The second-order valence-electron chi connectivity index (χ2n) is 5.72. The van der Waals surface area contributed by atoms with Gasteiger partial charge in [0.15, 0.2) is 5.69 Å². The maximum absolute atomic E-state index is 12.6. The number of hydrogen-bond donors (Lipinski definition) is 1. The highest BCUT2D eigenvalue weighted by atomic mass is 35.5. The molecule has 6 nitrogen and oxygen atoms in total. The van der Waals surface area contributed by atoms with E-state index >= 15 is 0 Å². The lowest BCUT2D eigenvalue weighted by Gasteiger charge is -2.09. The summed E-state index contributed by atoms with van der Waals surface area (Å²) in [6, 6.07) is 12.3. The fraction of sp³-hybridized carbons (Fsp3) is 0.211. The van der Waals surface area contributed by atoms with E-state index in [1.54, 1.807) is 25.2 Å². The Hall–Kier alpha value is -2.86. The van der Waals surface area contributed by atoms with E-state index in [0.29, 0.717) is 22.5 Å². The van der Waals surface area contributed by atoms with E-state index in [2.05, 4.69) is 10.4 Å². The third kappa shape index (κ3) is 3.70. The van der Waals surface area contributed by atoms with Crippen LogP contribution in [0.1, 0.15) is 23.0 Å². The van der Waals surface area contributed by atoms with Crippen LogP contribution in [0.15, 0.2) is 47.3 Å². The predicted octanol–water partition coefficient (Wildman–Crippen LogP) is 2.92. The first-order chi connectivity index (χ1) is 12.5. The number of rotatable bonds is 5. The molecule has 3 aromatic rings. The zero-order chi connectivity index (χ0) is 18.7. The second-order valence-corrected chi connectivity index (χ2v) is 6.16. The number of carbonyl (C=O) groups excluding carboxylic acids is 1. The van der Waals surface area contributed by atoms with Gasteiger partial charge in [-0.05, 0) is 42.8 Å². The molecule has 0 saturated heterocycles. The van der Waals surface area contributed by atoms with Gasteiger partial charge in [0.05, 0.1) is 17.5 Å². The van der Waals surface area contributed by atoms with Gasteiger partial charge in [0, 0.05) is 18.6 Å². The van der Waals surface area contributed by atoms with Gasteiger partial charge in [-0.2, -0.15) is 5.10 Å². The van der Waals surface area contributed by atoms with Crippen LogP contribution in [0.3, 0.4) is 0 Å². The molecule has 0 spiro atoms. The summed E-state index contributed by atoms with van der Waals surface area (Å²) in [4.78, 5) is 25.0. The monoisotopic (exact) mass is 371 g/mol. The fourth-order valence-corrected chi connectivity index (χ4v) is 2.81. The summed E-state index contributed by atoms with van der Waals surface area (Å²) in [5, 5.41) is 7.63. The molecule has 26 heavy (non-hydrogen) atoms. The summed E-state index contributed by atoms with van der Waals surface area (Å²) in [5.41, 5.74) is 0.905. The lowest BCUT2D eigenvalue weighted by Crippen LogP contribution is -2.31. The van der Waals surface area contributed by atoms with Crippen molar-refractivity contribution >= 4 is 28.4 Å². The Bertz CT molecular complexity index is 1010. The number of fused-ring (bicyclic) bond motifs is 1. The van der Waals surface area contributed by atoms with Crippen LogP contribution in [0.5, 0.6) is 5.75 Å². The Morgan fingerprint density at radius 3 is 2.65 bits per heavy atom. The first kappa shape index (κ1) is 17.9. The number of aryl methyl sites for hydroxylation is 1. The molecule has 0 radical (unpaired) electrons. The standard InChI is InChI=1S/C19H18ClN3O3/c1-3-26-14-7-4-12(5-8-14)11-21-19(25)17-18(24)15-10-13(20)6-9-16(15)23(2)22-17/h4-10H,3,11H2,1-2H3,(H,21,25). The normalized spacial score (nSPS) is 10.7. The molecule has 0 aliphatic carbocycles. The average molecular weight is 372 g/mol. The van der Waals surface area contributed by atoms with Crippen molar-refractivity contribution in [1.29, 1.82) is 0 Å². The number of nitrogens with zero attached hydrogens (tertiary/aromatic N) is 2. The number of amides is 1. The molecule has 0 aliphatic rings. The molecule has 0 aliphatic heterocycles. The van der Waals surface area contributed by atoms with Gasteiger partial charge < -0.3 is 10.1 Å². The summed E-state index contributed by atoms with van der Waals surface area (Å²) >= 11 is 5.97. The minimum Gasteiger partial charge on any atom is -0.494 e. The number of benzene rings is 2. The number of aromatic nitrogens is 2. The topological polar surface area (TPSA) is 73.2 Å². The molecule has 1 aromatic heterocycles. The van der Waals surface area contributed by atoms with E-state index in [1.807, 2.05) is 31.2 Å². The quantitative estimate of drug-likeness (QED) is 0.748. The SMILES string of the molecule is CCOc1ccc(CNC(=O)c2nn(C)c3ccc(Cl)cc3c2=O)cc1. The first-order valence-electron chi connectivity index (χ1n) is 8.16. The molecule has 0 fully saturated rings. The highest BCUT2D eigenvalue weighted by Gasteiger charge is 2.16. The van der Waals surface area contributed by atoms with E-state index in [0.717, 1.165) is 11.3 Å². The highest BCUT2D eigenvalue weighted by Crippen LogP contribution is 2.16. The van der Waals surface area contributed by atoms with Crippen molar-refractivity contribution in [1.82, 2.24) is 15.1 Å². The molecule has 134 valence electrons. The Morgan fingerprint density at radius 2 is 1.96 bits per heavy atom. The molecule has 2 aromatic carbocycles. The van der Waals surface area contributed by atoms with Gasteiger partial charge in [-0.1, -0.05) is 23.7 Å².